The Balaban J connectivity index is 0. The molecular formula is C52H110N2. The average Bonchev–Trinajstić information content (AvgIpc) is 3.18. The van der Waals surface area contributed by atoms with Crippen molar-refractivity contribution in [2.75, 3.05) is 13.1 Å². The number of rotatable bonds is 48. The van der Waals surface area contributed by atoms with Crippen molar-refractivity contribution >= 4 is 0 Å². The molecule has 0 saturated carbocycles. The standard InChI is InChI=1S/C28H59N.C24H51N/c1-2-3-4-5-6-7-8-9-10-11-12-13-14-15-16-17-18-19-20-21-22-23-24-25-26-27-28-29;1-2-3-4-5-6-7-8-9-10-11-12-13-14-15-16-17-18-19-20-21-22-23-24-25/h2-29H2,1H3;2-25H2,1H3. The molecule has 0 fully saturated rings. The summed E-state index contributed by atoms with van der Waals surface area (Å²) in [6.45, 7) is 6.35. The third-order valence-electron chi connectivity index (χ3n) is 12.1. The molecule has 0 aliphatic rings. The second-order valence-electron chi connectivity index (χ2n) is 17.8. The summed E-state index contributed by atoms with van der Waals surface area (Å²) in [5.74, 6) is 0. The Morgan fingerprint density at radius 3 is 0.333 bits per heavy atom. The van der Waals surface area contributed by atoms with Crippen LogP contribution in [0.3, 0.4) is 0 Å². The van der Waals surface area contributed by atoms with Gasteiger partial charge in [-0.2, -0.15) is 0 Å². The summed E-state index contributed by atoms with van der Waals surface area (Å²) in [5.41, 5.74) is 11.0. The van der Waals surface area contributed by atoms with E-state index in [2.05, 4.69) is 13.8 Å². The highest BCUT2D eigenvalue weighted by Crippen LogP contribution is 2.17. The molecule has 0 unspecified atom stereocenters. The third-order valence-corrected chi connectivity index (χ3v) is 12.1. The molecule has 0 radical (unpaired) electrons. The predicted octanol–water partition coefficient (Wildman–Crippen LogP) is 18.7. The molecule has 54 heavy (non-hydrogen) atoms. The van der Waals surface area contributed by atoms with Crippen LogP contribution in [0.4, 0.5) is 0 Å². The molecule has 0 rings (SSSR count). The van der Waals surface area contributed by atoms with Crippen LogP contribution in [0.5, 0.6) is 0 Å². The lowest BCUT2D eigenvalue weighted by atomic mass is 10.0. The van der Waals surface area contributed by atoms with Crippen molar-refractivity contribution in [3.8, 4) is 0 Å². The maximum absolute atomic E-state index is 5.53. The minimum atomic E-state index is 0.874. The molecule has 0 saturated heterocycles. The summed E-state index contributed by atoms with van der Waals surface area (Å²) in [6.07, 6.45) is 69.6. The van der Waals surface area contributed by atoms with E-state index >= 15 is 0 Å². The average molecular weight is 763 g/mol. The fourth-order valence-corrected chi connectivity index (χ4v) is 8.21. The van der Waals surface area contributed by atoms with E-state index in [1.54, 1.807) is 0 Å². The molecule has 0 heterocycles. The van der Waals surface area contributed by atoms with Gasteiger partial charge in [-0.1, -0.05) is 309 Å². The zero-order valence-electron chi connectivity index (χ0n) is 38.5. The van der Waals surface area contributed by atoms with Crippen molar-refractivity contribution in [2.24, 2.45) is 11.5 Å². The summed E-state index contributed by atoms with van der Waals surface area (Å²) in [7, 11) is 0. The highest BCUT2D eigenvalue weighted by Gasteiger charge is 1.98. The lowest BCUT2D eigenvalue weighted by Gasteiger charge is -2.04. The van der Waals surface area contributed by atoms with Gasteiger partial charge in [-0.25, -0.2) is 0 Å². The van der Waals surface area contributed by atoms with Gasteiger partial charge < -0.3 is 11.5 Å². The van der Waals surface area contributed by atoms with E-state index in [1.165, 1.54) is 308 Å². The Bertz CT molecular complexity index is 529. The van der Waals surface area contributed by atoms with Gasteiger partial charge in [0.25, 0.3) is 0 Å². The minimum Gasteiger partial charge on any atom is -0.330 e. The van der Waals surface area contributed by atoms with Crippen LogP contribution >= 0.6 is 0 Å². The fraction of sp³-hybridized carbons (Fsp3) is 1.00. The van der Waals surface area contributed by atoms with Gasteiger partial charge in [-0.3, -0.25) is 0 Å². The van der Waals surface area contributed by atoms with Crippen molar-refractivity contribution < 1.29 is 0 Å². The molecule has 0 aromatic heterocycles. The van der Waals surface area contributed by atoms with Crippen LogP contribution in [-0.4, -0.2) is 13.1 Å². The Kier molecular flexibility index (Phi) is 59.4. The number of hydrogen-bond acceptors (Lipinski definition) is 2. The van der Waals surface area contributed by atoms with Crippen LogP contribution < -0.4 is 11.5 Å². The quantitative estimate of drug-likeness (QED) is 0.0607. The molecule has 0 aromatic rings. The molecule has 2 nitrogen and oxygen atoms in total. The van der Waals surface area contributed by atoms with Gasteiger partial charge in [-0.15, -0.1) is 0 Å². The zero-order chi connectivity index (χ0) is 39.4. The summed E-state index contributed by atoms with van der Waals surface area (Å²) < 4.78 is 0. The Labute approximate surface area is 345 Å². The predicted molar refractivity (Wildman–Crippen MR) is 251 cm³/mol. The van der Waals surface area contributed by atoms with Crippen LogP contribution in [0.25, 0.3) is 0 Å². The molecule has 328 valence electrons. The first-order chi connectivity index (χ1) is 26.8. The summed E-state index contributed by atoms with van der Waals surface area (Å²) in [5, 5.41) is 0. The van der Waals surface area contributed by atoms with Crippen molar-refractivity contribution in [1.82, 2.24) is 0 Å². The maximum atomic E-state index is 5.53. The largest absolute Gasteiger partial charge is 0.330 e. The second-order valence-corrected chi connectivity index (χ2v) is 17.8. The minimum absolute atomic E-state index is 0.874. The molecule has 0 spiro atoms. The van der Waals surface area contributed by atoms with Gasteiger partial charge in [-0.05, 0) is 25.9 Å². The van der Waals surface area contributed by atoms with Crippen LogP contribution in [0.1, 0.15) is 322 Å². The molecule has 0 atom stereocenters. The first kappa shape index (κ1) is 56.0. The van der Waals surface area contributed by atoms with Gasteiger partial charge in [0.05, 0.1) is 0 Å². The number of hydrogen-bond donors (Lipinski definition) is 2. The van der Waals surface area contributed by atoms with Crippen LogP contribution in [-0.2, 0) is 0 Å². The first-order valence-electron chi connectivity index (χ1n) is 26.2. The fourth-order valence-electron chi connectivity index (χ4n) is 8.21. The number of nitrogens with two attached hydrogens (primary N) is 2. The summed E-state index contributed by atoms with van der Waals surface area (Å²) >= 11 is 0. The van der Waals surface area contributed by atoms with Gasteiger partial charge in [0, 0.05) is 0 Å². The van der Waals surface area contributed by atoms with Gasteiger partial charge in [0.1, 0.15) is 0 Å². The summed E-state index contributed by atoms with van der Waals surface area (Å²) in [6, 6.07) is 0. The molecule has 0 aromatic carbocycles. The Morgan fingerprint density at radius 1 is 0.148 bits per heavy atom. The SMILES string of the molecule is CCCCCCCCCCCCCCCCCCCCCCCCCCCCN.CCCCCCCCCCCCCCCCCCCCCCCCN. The van der Waals surface area contributed by atoms with Crippen molar-refractivity contribution in [3.63, 3.8) is 0 Å². The van der Waals surface area contributed by atoms with E-state index in [-0.39, 0.29) is 0 Å². The van der Waals surface area contributed by atoms with E-state index in [4.69, 9.17) is 11.5 Å². The molecule has 2 heteroatoms. The Hall–Kier alpha value is -0.0800. The van der Waals surface area contributed by atoms with Crippen LogP contribution in [0.15, 0.2) is 0 Å². The van der Waals surface area contributed by atoms with E-state index in [1.807, 2.05) is 0 Å². The van der Waals surface area contributed by atoms with Crippen LogP contribution in [0, 0.1) is 0 Å². The van der Waals surface area contributed by atoms with Crippen molar-refractivity contribution in [3.05, 3.63) is 0 Å². The van der Waals surface area contributed by atoms with Gasteiger partial charge >= 0.3 is 0 Å². The van der Waals surface area contributed by atoms with Crippen molar-refractivity contribution in [2.45, 2.75) is 322 Å². The van der Waals surface area contributed by atoms with Crippen LogP contribution in [0.2, 0.25) is 0 Å². The molecule has 0 amide bonds. The smallest absolute Gasteiger partial charge is 0.00773 e. The van der Waals surface area contributed by atoms with E-state index in [0.717, 1.165) is 13.1 Å². The van der Waals surface area contributed by atoms with E-state index in [0.29, 0.717) is 0 Å². The highest BCUT2D eigenvalue weighted by atomic mass is 14.5. The lowest BCUT2D eigenvalue weighted by molar-refractivity contribution is 0.515. The lowest BCUT2D eigenvalue weighted by Crippen LogP contribution is -1.97. The monoisotopic (exact) mass is 763 g/mol. The molecule has 0 bridgehead atoms. The topological polar surface area (TPSA) is 52.0 Å². The van der Waals surface area contributed by atoms with Gasteiger partial charge in [0.15, 0.2) is 0 Å². The molecule has 0 aliphatic heterocycles. The van der Waals surface area contributed by atoms with E-state index in [9.17, 15) is 0 Å². The maximum Gasteiger partial charge on any atom is -0.00773 e. The Morgan fingerprint density at radius 2 is 0.241 bits per heavy atom. The molecular weight excluding hydrogens is 653 g/mol. The molecule has 0 aliphatic carbocycles. The highest BCUT2D eigenvalue weighted by molar-refractivity contribution is 4.54. The van der Waals surface area contributed by atoms with Gasteiger partial charge in [0.2, 0.25) is 0 Å². The first-order valence-corrected chi connectivity index (χ1v) is 26.2. The third kappa shape index (κ3) is 58.6. The number of unbranched alkanes of at least 4 members (excludes halogenated alkanes) is 46. The molecule has 4 N–H and O–H groups in total. The second kappa shape index (κ2) is 57.2. The summed E-state index contributed by atoms with van der Waals surface area (Å²) in [4.78, 5) is 0. The van der Waals surface area contributed by atoms with E-state index < -0.39 is 0 Å². The normalized spacial score (nSPS) is 11.3. The van der Waals surface area contributed by atoms with Crippen molar-refractivity contribution in [1.29, 1.82) is 0 Å². The zero-order valence-corrected chi connectivity index (χ0v) is 38.5.